The molecule has 2 N–H and O–H groups in total. The summed E-state index contributed by atoms with van der Waals surface area (Å²) in [6.07, 6.45) is -0.0180. The summed E-state index contributed by atoms with van der Waals surface area (Å²) in [5.41, 5.74) is 0.472. The number of nitrogens with zero attached hydrogens (tertiary/aromatic N) is 1. The van der Waals surface area contributed by atoms with Gasteiger partial charge in [0.15, 0.2) is 0 Å². The molecule has 1 aromatic carbocycles. The van der Waals surface area contributed by atoms with E-state index >= 15 is 0 Å². The van der Waals surface area contributed by atoms with Crippen LogP contribution in [-0.2, 0) is 9.59 Å². The molecule has 0 bridgehead atoms. The maximum absolute atomic E-state index is 12.0. The number of hydrogen-bond donors (Lipinski definition) is 2. The number of halogens is 2. The Labute approximate surface area is 127 Å². The van der Waals surface area contributed by atoms with Crippen LogP contribution < -0.4 is 5.32 Å². The van der Waals surface area contributed by atoms with Crippen LogP contribution in [0.4, 0.5) is 5.69 Å². The molecule has 0 aliphatic carbocycles. The van der Waals surface area contributed by atoms with Crippen molar-refractivity contribution in [3.05, 3.63) is 28.2 Å². The van der Waals surface area contributed by atoms with Crippen LogP contribution in [0.5, 0.6) is 0 Å². The first-order chi connectivity index (χ1) is 9.31. The number of carboxylic acid groups (broad SMARTS) is 1. The average Bonchev–Trinajstić information content (AvgIpc) is 2.38. The van der Waals surface area contributed by atoms with Crippen LogP contribution in [0.1, 0.15) is 13.3 Å². The Morgan fingerprint density at radius 1 is 1.40 bits per heavy atom. The molecule has 0 heterocycles. The van der Waals surface area contributed by atoms with Gasteiger partial charge in [0.2, 0.25) is 5.91 Å². The Balaban J connectivity index is 2.63. The van der Waals surface area contributed by atoms with Crippen molar-refractivity contribution in [1.29, 1.82) is 0 Å². The van der Waals surface area contributed by atoms with Gasteiger partial charge in [0.05, 0.1) is 23.2 Å². The van der Waals surface area contributed by atoms with Crippen LogP contribution in [-0.4, -0.2) is 41.5 Å². The fraction of sp³-hybridized carbons (Fsp3) is 0.385. The molecule has 1 amide bonds. The number of amides is 1. The zero-order chi connectivity index (χ0) is 15.3. The van der Waals surface area contributed by atoms with Crippen molar-refractivity contribution in [3.8, 4) is 0 Å². The SMILES string of the molecule is CC(C(=O)Nc1ccc(Cl)cc1Cl)N(C)CCC(=O)O. The molecule has 0 aliphatic heterocycles. The second kappa shape index (κ2) is 7.47. The van der Waals surface area contributed by atoms with Crippen molar-refractivity contribution >= 4 is 40.8 Å². The highest BCUT2D eigenvalue weighted by Gasteiger charge is 2.19. The molecule has 7 heteroatoms. The van der Waals surface area contributed by atoms with Crippen LogP contribution in [0, 0.1) is 0 Å². The molecule has 0 aromatic heterocycles. The highest BCUT2D eigenvalue weighted by atomic mass is 35.5. The van der Waals surface area contributed by atoms with Gasteiger partial charge in [0.1, 0.15) is 0 Å². The van der Waals surface area contributed by atoms with Gasteiger partial charge in [-0.05, 0) is 32.2 Å². The number of aliphatic carboxylic acids is 1. The number of carbonyl (C=O) groups excluding carboxylic acids is 1. The van der Waals surface area contributed by atoms with Gasteiger partial charge in [-0.3, -0.25) is 14.5 Å². The number of likely N-dealkylation sites (N-methyl/N-ethyl adjacent to an activating group) is 1. The Bertz CT molecular complexity index is 508. The highest BCUT2D eigenvalue weighted by Crippen LogP contribution is 2.25. The number of nitrogens with one attached hydrogen (secondary N) is 1. The third-order valence-electron chi connectivity index (χ3n) is 2.91. The lowest BCUT2D eigenvalue weighted by Crippen LogP contribution is -2.40. The fourth-order valence-corrected chi connectivity index (χ4v) is 1.95. The van der Waals surface area contributed by atoms with E-state index in [1.807, 2.05) is 0 Å². The first-order valence-electron chi connectivity index (χ1n) is 5.99. The molecule has 20 heavy (non-hydrogen) atoms. The van der Waals surface area contributed by atoms with Crippen molar-refractivity contribution < 1.29 is 14.7 Å². The van der Waals surface area contributed by atoms with Gasteiger partial charge < -0.3 is 10.4 Å². The van der Waals surface area contributed by atoms with E-state index in [2.05, 4.69) is 5.32 Å². The van der Waals surface area contributed by atoms with E-state index in [1.54, 1.807) is 31.0 Å². The second-order valence-corrected chi connectivity index (χ2v) is 5.26. The quantitative estimate of drug-likeness (QED) is 0.846. The summed E-state index contributed by atoms with van der Waals surface area (Å²) in [6.45, 7) is 1.99. The third-order valence-corrected chi connectivity index (χ3v) is 3.46. The molecule has 5 nitrogen and oxygen atoms in total. The van der Waals surface area contributed by atoms with Crippen LogP contribution in [0.15, 0.2) is 18.2 Å². The molecule has 0 saturated carbocycles. The second-order valence-electron chi connectivity index (χ2n) is 4.41. The summed E-state index contributed by atoms with van der Waals surface area (Å²) in [6, 6.07) is 4.31. The van der Waals surface area contributed by atoms with Crippen LogP contribution >= 0.6 is 23.2 Å². The molecular weight excluding hydrogens is 303 g/mol. The lowest BCUT2D eigenvalue weighted by Gasteiger charge is -2.23. The number of carboxylic acids is 1. The molecule has 0 fully saturated rings. The fourth-order valence-electron chi connectivity index (χ4n) is 1.49. The molecular formula is C13H16Cl2N2O3. The Morgan fingerprint density at radius 2 is 2.05 bits per heavy atom. The number of rotatable bonds is 6. The van der Waals surface area contributed by atoms with E-state index in [1.165, 1.54) is 6.07 Å². The van der Waals surface area contributed by atoms with Gasteiger partial charge >= 0.3 is 5.97 Å². The first kappa shape index (κ1) is 16.8. The highest BCUT2D eigenvalue weighted by molar-refractivity contribution is 6.36. The van der Waals surface area contributed by atoms with Crippen molar-refractivity contribution in [2.75, 3.05) is 18.9 Å². The molecule has 1 rings (SSSR count). The predicted molar refractivity (Wildman–Crippen MR) is 79.4 cm³/mol. The zero-order valence-corrected chi connectivity index (χ0v) is 12.7. The first-order valence-corrected chi connectivity index (χ1v) is 6.75. The van der Waals surface area contributed by atoms with Crippen molar-refractivity contribution in [1.82, 2.24) is 4.90 Å². The topological polar surface area (TPSA) is 69.6 Å². The molecule has 110 valence electrons. The smallest absolute Gasteiger partial charge is 0.304 e. The van der Waals surface area contributed by atoms with Gasteiger partial charge in [-0.25, -0.2) is 0 Å². The average molecular weight is 319 g/mol. The number of anilines is 1. The third kappa shape index (κ3) is 5.00. The number of benzene rings is 1. The van der Waals surface area contributed by atoms with Gasteiger partial charge in [0, 0.05) is 11.6 Å². The van der Waals surface area contributed by atoms with Gasteiger partial charge in [-0.2, -0.15) is 0 Å². The summed E-state index contributed by atoms with van der Waals surface area (Å²) in [5.74, 6) is -1.16. The summed E-state index contributed by atoms with van der Waals surface area (Å²) < 4.78 is 0. The molecule has 1 unspecified atom stereocenters. The van der Waals surface area contributed by atoms with E-state index in [0.29, 0.717) is 15.7 Å². The van der Waals surface area contributed by atoms with Gasteiger partial charge in [-0.15, -0.1) is 0 Å². The van der Waals surface area contributed by atoms with E-state index < -0.39 is 12.0 Å². The normalized spacial score (nSPS) is 12.2. The van der Waals surface area contributed by atoms with Crippen LogP contribution in [0.3, 0.4) is 0 Å². The molecule has 0 spiro atoms. The number of hydrogen-bond acceptors (Lipinski definition) is 3. The summed E-state index contributed by atoms with van der Waals surface area (Å²) >= 11 is 11.7. The van der Waals surface area contributed by atoms with E-state index in [0.717, 1.165) is 0 Å². The van der Waals surface area contributed by atoms with Crippen molar-refractivity contribution in [2.45, 2.75) is 19.4 Å². The Morgan fingerprint density at radius 3 is 2.60 bits per heavy atom. The molecule has 1 aromatic rings. The maximum atomic E-state index is 12.0. The molecule has 0 aliphatic rings. The summed E-state index contributed by atoms with van der Waals surface area (Å²) in [4.78, 5) is 24.2. The van der Waals surface area contributed by atoms with Crippen molar-refractivity contribution in [2.24, 2.45) is 0 Å². The summed E-state index contributed by atoms with van der Waals surface area (Å²) in [7, 11) is 1.69. The monoisotopic (exact) mass is 318 g/mol. The van der Waals surface area contributed by atoms with Gasteiger partial charge in [-0.1, -0.05) is 23.2 Å². The van der Waals surface area contributed by atoms with E-state index in [4.69, 9.17) is 28.3 Å². The van der Waals surface area contributed by atoms with E-state index in [9.17, 15) is 9.59 Å². The maximum Gasteiger partial charge on any atom is 0.304 e. The molecule has 0 radical (unpaired) electrons. The Kier molecular flexibility index (Phi) is 6.26. The van der Waals surface area contributed by atoms with Gasteiger partial charge in [0.25, 0.3) is 0 Å². The largest absolute Gasteiger partial charge is 0.481 e. The minimum absolute atomic E-state index is 0.0180. The minimum atomic E-state index is -0.898. The lowest BCUT2D eigenvalue weighted by atomic mass is 10.2. The van der Waals surface area contributed by atoms with Crippen LogP contribution in [0.25, 0.3) is 0 Å². The minimum Gasteiger partial charge on any atom is -0.481 e. The van der Waals surface area contributed by atoms with Crippen molar-refractivity contribution in [3.63, 3.8) is 0 Å². The molecule has 0 saturated heterocycles. The summed E-state index contributed by atoms with van der Waals surface area (Å²) in [5, 5.41) is 12.1. The number of carbonyl (C=O) groups is 2. The lowest BCUT2D eigenvalue weighted by molar-refractivity contribution is -0.137. The van der Waals surface area contributed by atoms with E-state index in [-0.39, 0.29) is 18.9 Å². The molecule has 1 atom stereocenters. The zero-order valence-electron chi connectivity index (χ0n) is 11.2. The standard InChI is InChI=1S/C13H16Cl2N2O3/c1-8(17(2)6-5-12(18)19)13(20)16-11-4-3-9(14)7-10(11)15/h3-4,7-8H,5-6H2,1-2H3,(H,16,20)(H,18,19). The Hall–Kier alpha value is -1.30. The predicted octanol–water partition coefficient (Wildman–Crippen LogP) is 2.73. The van der Waals surface area contributed by atoms with Crippen LogP contribution in [0.2, 0.25) is 10.0 Å².